The molecule has 0 aliphatic carbocycles. The average molecular weight is 425 g/mol. The Labute approximate surface area is 178 Å². The third-order valence-electron chi connectivity index (χ3n) is 4.82. The molecule has 0 bridgehead atoms. The Morgan fingerprint density at radius 3 is 2.73 bits per heavy atom. The van der Waals surface area contributed by atoms with Crippen molar-refractivity contribution >= 4 is 28.5 Å². The molecule has 0 aliphatic rings. The molecule has 0 aliphatic heterocycles. The largest absolute Gasteiger partial charge is 0.496 e. The predicted octanol–water partition coefficient (Wildman–Crippen LogP) is 3.92. The molecule has 2 heterocycles. The second kappa shape index (κ2) is 8.20. The van der Waals surface area contributed by atoms with Crippen LogP contribution < -0.4 is 4.74 Å². The normalized spacial score (nSPS) is 11.1. The highest BCUT2D eigenvalue weighted by molar-refractivity contribution is 6.30. The Morgan fingerprint density at radius 1 is 1.10 bits per heavy atom. The lowest BCUT2D eigenvalue weighted by Gasteiger charge is -2.06. The quantitative estimate of drug-likeness (QED) is 0.439. The summed E-state index contributed by atoms with van der Waals surface area (Å²) in [5, 5.41) is 10.4. The van der Waals surface area contributed by atoms with Crippen LogP contribution in [0.4, 0.5) is 0 Å². The maximum atomic E-state index is 12.4. The number of aromatic nitrogens is 4. The molecule has 2 aromatic heterocycles. The fraction of sp³-hybridized carbons (Fsp3) is 0.227. The molecule has 2 aromatic carbocycles. The maximum absolute atomic E-state index is 12.4. The highest BCUT2D eigenvalue weighted by Crippen LogP contribution is 2.32. The molecule has 0 amide bonds. The van der Waals surface area contributed by atoms with Crippen LogP contribution in [-0.2, 0) is 36.7 Å². The number of hydrogen-bond donors (Lipinski definition) is 0. The smallest absolute Gasteiger partial charge is 0.312 e. The molecule has 8 heteroatoms. The summed E-state index contributed by atoms with van der Waals surface area (Å²) in [6.45, 7) is 0.208. The van der Waals surface area contributed by atoms with Crippen LogP contribution in [0.1, 0.15) is 11.3 Å². The highest BCUT2D eigenvalue weighted by atomic mass is 35.5. The number of esters is 1. The topological polar surface area (TPSA) is 71.2 Å². The van der Waals surface area contributed by atoms with E-state index in [0.717, 1.165) is 27.7 Å². The summed E-state index contributed by atoms with van der Waals surface area (Å²) in [5.74, 6) is 0.305. The van der Waals surface area contributed by atoms with Crippen molar-refractivity contribution in [3.8, 4) is 17.0 Å². The first-order valence-corrected chi connectivity index (χ1v) is 9.75. The van der Waals surface area contributed by atoms with Gasteiger partial charge in [0.2, 0.25) is 0 Å². The summed E-state index contributed by atoms with van der Waals surface area (Å²) in [5.41, 5.74) is 4.08. The third kappa shape index (κ3) is 4.16. The first-order valence-electron chi connectivity index (χ1n) is 9.37. The molecule has 0 fully saturated rings. The number of methoxy groups -OCH3 is 1. The van der Waals surface area contributed by atoms with Crippen LogP contribution >= 0.6 is 11.6 Å². The Morgan fingerprint density at radius 2 is 1.93 bits per heavy atom. The monoisotopic (exact) mass is 424 g/mol. The minimum atomic E-state index is -0.320. The molecule has 0 saturated heterocycles. The summed E-state index contributed by atoms with van der Waals surface area (Å²) < 4.78 is 14.3. The molecule has 0 atom stereocenters. The van der Waals surface area contributed by atoms with Gasteiger partial charge in [0.25, 0.3) is 0 Å². The number of rotatable bonds is 6. The van der Waals surface area contributed by atoms with Crippen LogP contribution in [0.15, 0.2) is 48.7 Å². The van der Waals surface area contributed by atoms with Gasteiger partial charge in [-0.05, 0) is 42.0 Å². The summed E-state index contributed by atoms with van der Waals surface area (Å²) >= 11 is 6.04. The number of aryl methyl sites for hydroxylation is 2. The van der Waals surface area contributed by atoms with Crippen LogP contribution in [0.5, 0.6) is 5.75 Å². The molecule has 0 saturated carbocycles. The van der Waals surface area contributed by atoms with E-state index in [4.69, 9.17) is 21.1 Å². The van der Waals surface area contributed by atoms with Gasteiger partial charge in [0.15, 0.2) is 0 Å². The highest BCUT2D eigenvalue weighted by Gasteiger charge is 2.15. The van der Waals surface area contributed by atoms with Gasteiger partial charge in [0.1, 0.15) is 12.4 Å². The van der Waals surface area contributed by atoms with Gasteiger partial charge in [-0.2, -0.15) is 10.2 Å². The first-order chi connectivity index (χ1) is 14.4. The van der Waals surface area contributed by atoms with Gasteiger partial charge in [0, 0.05) is 42.0 Å². The van der Waals surface area contributed by atoms with Crippen molar-refractivity contribution in [3.63, 3.8) is 0 Å². The number of ether oxygens (including phenoxy) is 2. The van der Waals surface area contributed by atoms with E-state index < -0.39 is 0 Å². The number of halogens is 1. The zero-order valence-corrected chi connectivity index (χ0v) is 17.7. The Balaban J connectivity index is 1.44. The standard InChI is InChI=1S/C22H21ClN4O3/c1-26-12-15-8-14(4-7-19(15)24-26)13-30-22(28)11-17-10-20(25-27(17)2)18-6-5-16(23)9-21(18)29-3/h4-10,12H,11,13H2,1-3H3. The Bertz CT molecular complexity index is 1230. The van der Waals surface area contributed by atoms with Gasteiger partial charge in [0.05, 0.1) is 24.7 Å². The molecule has 4 aromatic rings. The summed E-state index contributed by atoms with van der Waals surface area (Å²) in [6, 6.07) is 13.0. The van der Waals surface area contributed by atoms with E-state index in [-0.39, 0.29) is 19.0 Å². The summed E-state index contributed by atoms with van der Waals surface area (Å²) in [6.07, 6.45) is 2.05. The summed E-state index contributed by atoms with van der Waals surface area (Å²) in [7, 11) is 5.26. The number of nitrogens with zero attached hydrogens (tertiary/aromatic N) is 4. The number of benzene rings is 2. The van der Waals surface area contributed by atoms with E-state index in [1.807, 2.05) is 43.6 Å². The average Bonchev–Trinajstić information content (AvgIpc) is 3.27. The lowest BCUT2D eigenvalue weighted by atomic mass is 10.1. The van der Waals surface area contributed by atoms with Crippen molar-refractivity contribution in [1.29, 1.82) is 0 Å². The molecule has 0 radical (unpaired) electrons. The molecule has 0 spiro atoms. The van der Waals surface area contributed by atoms with Crippen LogP contribution in [0.25, 0.3) is 22.2 Å². The Kier molecular flexibility index (Phi) is 5.46. The maximum Gasteiger partial charge on any atom is 0.312 e. The molecule has 30 heavy (non-hydrogen) atoms. The Hall–Kier alpha value is -3.32. The molecule has 154 valence electrons. The van der Waals surface area contributed by atoms with Gasteiger partial charge in [-0.3, -0.25) is 14.2 Å². The molecule has 0 unspecified atom stereocenters. The number of carbonyl (C=O) groups is 1. The van der Waals surface area contributed by atoms with Gasteiger partial charge in [-0.1, -0.05) is 17.7 Å². The lowest BCUT2D eigenvalue weighted by Crippen LogP contribution is -2.11. The number of fused-ring (bicyclic) bond motifs is 1. The fourth-order valence-electron chi connectivity index (χ4n) is 3.33. The predicted molar refractivity (Wildman–Crippen MR) is 114 cm³/mol. The summed E-state index contributed by atoms with van der Waals surface area (Å²) in [4.78, 5) is 12.4. The molecular weight excluding hydrogens is 404 g/mol. The third-order valence-corrected chi connectivity index (χ3v) is 5.06. The minimum absolute atomic E-state index is 0.120. The van der Waals surface area contributed by atoms with Crippen molar-refractivity contribution in [2.24, 2.45) is 14.1 Å². The second-order valence-electron chi connectivity index (χ2n) is 7.02. The number of hydrogen-bond acceptors (Lipinski definition) is 5. The van der Waals surface area contributed by atoms with Crippen LogP contribution in [0.2, 0.25) is 5.02 Å². The van der Waals surface area contributed by atoms with Gasteiger partial charge >= 0.3 is 5.97 Å². The van der Waals surface area contributed by atoms with E-state index in [0.29, 0.717) is 16.5 Å². The fourth-order valence-corrected chi connectivity index (χ4v) is 3.49. The van der Waals surface area contributed by atoms with Crippen molar-refractivity contribution in [2.75, 3.05) is 7.11 Å². The van der Waals surface area contributed by atoms with Crippen molar-refractivity contribution < 1.29 is 14.3 Å². The SMILES string of the molecule is COc1cc(Cl)ccc1-c1cc(CC(=O)OCc2ccc3nn(C)cc3c2)n(C)n1. The van der Waals surface area contributed by atoms with Gasteiger partial charge < -0.3 is 9.47 Å². The van der Waals surface area contributed by atoms with Gasteiger partial charge in [-0.25, -0.2) is 0 Å². The van der Waals surface area contributed by atoms with Crippen molar-refractivity contribution in [1.82, 2.24) is 19.6 Å². The lowest BCUT2D eigenvalue weighted by molar-refractivity contribution is -0.144. The van der Waals surface area contributed by atoms with E-state index in [1.165, 1.54) is 0 Å². The first kappa shape index (κ1) is 20.0. The second-order valence-corrected chi connectivity index (χ2v) is 7.46. The molecule has 4 rings (SSSR count). The van der Waals surface area contributed by atoms with E-state index in [9.17, 15) is 4.79 Å². The van der Waals surface area contributed by atoms with E-state index in [2.05, 4.69) is 10.2 Å². The zero-order chi connectivity index (χ0) is 21.3. The number of carbonyl (C=O) groups excluding carboxylic acids is 1. The minimum Gasteiger partial charge on any atom is -0.496 e. The van der Waals surface area contributed by atoms with Gasteiger partial charge in [-0.15, -0.1) is 0 Å². The molecule has 7 nitrogen and oxygen atoms in total. The zero-order valence-electron chi connectivity index (χ0n) is 16.9. The van der Waals surface area contributed by atoms with Crippen LogP contribution in [0, 0.1) is 0 Å². The van der Waals surface area contributed by atoms with E-state index >= 15 is 0 Å². The van der Waals surface area contributed by atoms with Crippen molar-refractivity contribution in [2.45, 2.75) is 13.0 Å². The molecule has 0 N–H and O–H groups in total. The molecular formula is C22H21ClN4O3. The van der Waals surface area contributed by atoms with Crippen molar-refractivity contribution in [3.05, 3.63) is 64.9 Å². The van der Waals surface area contributed by atoms with Crippen LogP contribution in [-0.4, -0.2) is 32.6 Å². The van der Waals surface area contributed by atoms with Crippen LogP contribution in [0.3, 0.4) is 0 Å². The van der Waals surface area contributed by atoms with E-state index in [1.54, 1.807) is 35.7 Å².